The summed E-state index contributed by atoms with van der Waals surface area (Å²) in [5, 5.41) is 1.43. The molecule has 1 aliphatic rings. The first-order chi connectivity index (χ1) is 11.4. The van der Waals surface area contributed by atoms with E-state index in [2.05, 4.69) is 100 Å². The predicted molar refractivity (Wildman–Crippen MR) is 107 cm³/mol. The fraction of sp³-hybridized carbons (Fsp3) is 0.182. The van der Waals surface area contributed by atoms with Gasteiger partial charge in [-0.15, -0.1) is 6.08 Å². The van der Waals surface area contributed by atoms with Gasteiger partial charge in [0.1, 0.15) is 12.2 Å². The van der Waals surface area contributed by atoms with Crippen LogP contribution in [-0.4, -0.2) is 19.4 Å². The topological polar surface area (TPSA) is 3.01 Å². The Morgan fingerprint density at radius 3 is 2.29 bits per heavy atom. The van der Waals surface area contributed by atoms with Gasteiger partial charge in [-0.25, -0.2) is 0 Å². The average Bonchev–Trinajstić information content (AvgIpc) is 2.55. The molecule has 0 aliphatic carbocycles. The predicted octanol–water partition coefficient (Wildman–Crippen LogP) is 5.59. The lowest BCUT2D eigenvalue weighted by molar-refractivity contribution is -0.418. The molecule has 1 nitrogen and oxygen atoms in total. The van der Waals surface area contributed by atoms with Gasteiger partial charge in [0.2, 0.25) is 0 Å². The fourth-order valence-corrected chi connectivity index (χ4v) is 4.07. The second-order valence-corrected chi connectivity index (χ2v) is 12.5. The Bertz CT molecular complexity index is 823. The first-order valence-corrected chi connectivity index (χ1v) is 11.9. The highest BCUT2D eigenvalue weighted by Gasteiger charge is 2.24. The van der Waals surface area contributed by atoms with E-state index in [1.807, 2.05) is 4.58 Å². The standard InChI is InChI=1S/C22H25NSi/c1-17-11-12-19(18-9-7-6-8-10-18)15-21(17)22-14-13-20(16-23(22)2)24(3,4)5/h6-16H,2H2,1,3-5H3. The van der Waals surface area contributed by atoms with Crippen LogP contribution < -0.4 is 0 Å². The molecule has 0 aromatic heterocycles. The first-order valence-electron chi connectivity index (χ1n) is 8.40. The third kappa shape index (κ3) is 3.29. The van der Waals surface area contributed by atoms with Gasteiger partial charge in [0, 0.05) is 0 Å². The van der Waals surface area contributed by atoms with Gasteiger partial charge in [-0.2, -0.15) is 0 Å². The van der Waals surface area contributed by atoms with E-state index in [0.717, 1.165) is 6.04 Å². The highest BCUT2D eigenvalue weighted by atomic mass is 28.3. The number of hydrogen-bond donors (Lipinski definition) is 0. The van der Waals surface area contributed by atoms with Crippen molar-refractivity contribution in [2.45, 2.75) is 26.6 Å². The normalized spacial score (nSPS) is 14.8. The van der Waals surface area contributed by atoms with E-state index in [-0.39, 0.29) is 0 Å². The van der Waals surface area contributed by atoms with Gasteiger partial charge in [0.25, 0.3) is 0 Å². The molecule has 0 atom stereocenters. The minimum atomic E-state index is -1.33. The second-order valence-electron chi connectivity index (χ2n) is 7.42. The first kappa shape index (κ1) is 16.5. The van der Waals surface area contributed by atoms with E-state index in [9.17, 15) is 0 Å². The van der Waals surface area contributed by atoms with Crippen molar-refractivity contribution in [3.05, 3.63) is 89.2 Å². The van der Waals surface area contributed by atoms with Gasteiger partial charge in [-0.05, 0) is 22.8 Å². The van der Waals surface area contributed by atoms with Crippen molar-refractivity contribution in [1.29, 1.82) is 0 Å². The summed E-state index contributed by atoms with van der Waals surface area (Å²) in [5.74, 6) is 0. The van der Waals surface area contributed by atoms with Crippen molar-refractivity contribution in [3.63, 3.8) is 0 Å². The molecule has 24 heavy (non-hydrogen) atoms. The summed E-state index contributed by atoms with van der Waals surface area (Å²) >= 11 is 0. The molecule has 1 heterocycles. The molecule has 0 unspecified atom stereocenters. The Morgan fingerprint density at radius 1 is 0.958 bits per heavy atom. The summed E-state index contributed by atoms with van der Waals surface area (Å²) in [7, 11) is -1.33. The van der Waals surface area contributed by atoms with Crippen molar-refractivity contribution in [2.24, 2.45) is 0 Å². The Hall–Kier alpha value is -2.32. The van der Waals surface area contributed by atoms with Gasteiger partial charge < -0.3 is 0 Å². The lowest BCUT2D eigenvalue weighted by Gasteiger charge is -2.26. The van der Waals surface area contributed by atoms with E-state index in [0.29, 0.717) is 0 Å². The molecule has 1 aliphatic heterocycles. The molecular formula is C22H25NSi. The number of benzene rings is 2. The molecular weight excluding hydrogens is 306 g/mol. The SMILES string of the molecule is C=[N+]1C=C([Si](C)(C)C)C=C[C-]1c1cc(-c2ccccc2)ccc1C. The van der Waals surface area contributed by atoms with Crippen molar-refractivity contribution >= 4 is 14.8 Å². The number of hydrogen-bond acceptors (Lipinski definition) is 0. The third-order valence-electron chi connectivity index (χ3n) is 4.51. The van der Waals surface area contributed by atoms with Crippen molar-refractivity contribution in [1.82, 2.24) is 0 Å². The van der Waals surface area contributed by atoms with Crippen LogP contribution >= 0.6 is 0 Å². The fourth-order valence-electron chi connectivity index (χ4n) is 2.94. The molecule has 0 bridgehead atoms. The minimum Gasteiger partial charge on any atom is -0.255 e. The molecule has 0 spiro atoms. The number of nitrogens with zero attached hydrogens (tertiary/aromatic N) is 1. The molecule has 0 radical (unpaired) electrons. The number of allylic oxidation sites excluding steroid dienone is 2. The van der Waals surface area contributed by atoms with Crippen LogP contribution in [0.4, 0.5) is 0 Å². The van der Waals surface area contributed by atoms with Crippen LogP contribution in [-0.2, 0) is 0 Å². The molecule has 3 rings (SSSR count). The van der Waals surface area contributed by atoms with Gasteiger partial charge in [-0.3, -0.25) is 4.58 Å². The summed E-state index contributed by atoms with van der Waals surface area (Å²) < 4.78 is 2.03. The summed E-state index contributed by atoms with van der Waals surface area (Å²) in [5.41, 5.74) is 5.00. The van der Waals surface area contributed by atoms with Crippen molar-refractivity contribution in [2.75, 3.05) is 0 Å². The highest BCUT2D eigenvalue weighted by Crippen LogP contribution is 2.31. The summed E-state index contributed by atoms with van der Waals surface area (Å²) in [6.07, 6.45) is 6.70. The minimum absolute atomic E-state index is 1.16. The van der Waals surface area contributed by atoms with Gasteiger partial charge in [0.05, 0.1) is 14.8 Å². The highest BCUT2D eigenvalue weighted by molar-refractivity contribution is 6.83. The number of rotatable bonds is 3. The lowest BCUT2D eigenvalue weighted by atomic mass is 9.94. The van der Waals surface area contributed by atoms with Crippen LogP contribution in [0.1, 0.15) is 11.1 Å². The zero-order valence-electron chi connectivity index (χ0n) is 15.0. The Kier molecular flexibility index (Phi) is 4.33. The van der Waals surface area contributed by atoms with Crippen LogP contribution in [0, 0.1) is 13.0 Å². The van der Waals surface area contributed by atoms with E-state index >= 15 is 0 Å². The maximum Gasteiger partial charge on any atom is 0.147 e. The molecule has 122 valence electrons. The summed E-state index contributed by atoms with van der Waals surface area (Å²) in [4.78, 5) is 0. The Morgan fingerprint density at radius 2 is 1.67 bits per heavy atom. The second kappa shape index (κ2) is 6.29. The van der Waals surface area contributed by atoms with Crippen LogP contribution in [0.2, 0.25) is 19.6 Å². The molecule has 0 saturated heterocycles. The number of aryl methyl sites for hydroxylation is 1. The Balaban J connectivity index is 1.98. The van der Waals surface area contributed by atoms with E-state index in [1.165, 1.54) is 27.5 Å². The monoisotopic (exact) mass is 331 g/mol. The third-order valence-corrected chi connectivity index (χ3v) is 6.54. The zero-order valence-corrected chi connectivity index (χ0v) is 16.0. The van der Waals surface area contributed by atoms with E-state index in [4.69, 9.17) is 0 Å². The maximum absolute atomic E-state index is 4.25. The van der Waals surface area contributed by atoms with Crippen molar-refractivity contribution < 1.29 is 4.58 Å². The zero-order chi connectivity index (χ0) is 17.3. The molecule has 0 N–H and O–H groups in total. The van der Waals surface area contributed by atoms with E-state index < -0.39 is 8.07 Å². The lowest BCUT2D eigenvalue weighted by Crippen LogP contribution is -2.27. The maximum atomic E-state index is 4.25. The van der Waals surface area contributed by atoms with Gasteiger partial charge in [0.15, 0.2) is 0 Å². The summed E-state index contributed by atoms with van der Waals surface area (Å²) in [6, 6.07) is 18.3. The summed E-state index contributed by atoms with van der Waals surface area (Å²) in [6.45, 7) is 13.5. The molecule has 2 aromatic rings. The molecule has 0 fully saturated rings. The Labute approximate surface area is 146 Å². The van der Waals surface area contributed by atoms with Crippen LogP contribution in [0.15, 0.2) is 72.1 Å². The molecule has 2 aromatic carbocycles. The quantitative estimate of drug-likeness (QED) is 0.392. The molecule has 0 saturated carbocycles. The van der Waals surface area contributed by atoms with Crippen LogP contribution in [0.3, 0.4) is 0 Å². The van der Waals surface area contributed by atoms with Crippen LogP contribution in [0.5, 0.6) is 0 Å². The van der Waals surface area contributed by atoms with Crippen LogP contribution in [0.25, 0.3) is 11.1 Å². The average molecular weight is 332 g/mol. The van der Waals surface area contributed by atoms with Crippen molar-refractivity contribution in [3.8, 4) is 11.1 Å². The van der Waals surface area contributed by atoms with Gasteiger partial charge >= 0.3 is 0 Å². The van der Waals surface area contributed by atoms with Gasteiger partial charge in [-0.1, -0.05) is 85.9 Å². The smallest absolute Gasteiger partial charge is 0.147 e. The molecule has 0 amide bonds. The molecule has 2 heteroatoms. The van der Waals surface area contributed by atoms with E-state index in [1.54, 1.807) is 0 Å². The largest absolute Gasteiger partial charge is 0.255 e.